The summed E-state index contributed by atoms with van der Waals surface area (Å²) < 4.78 is 5.28. The molecule has 3 aliphatic rings. The summed E-state index contributed by atoms with van der Waals surface area (Å²) in [4.78, 5) is 29.6. The normalized spacial score (nSPS) is 29.5. The molecule has 3 heterocycles. The van der Waals surface area contributed by atoms with Gasteiger partial charge in [-0.25, -0.2) is 4.79 Å². The predicted octanol–water partition coefficient (Wildman–Crippen LogP) is 3.34. The maximum atomic E-state index is 12.7. The molecule has 3 fully saturated rings. The molecule has 29 heavy (non-hydrogen) atoms. The molecule has 0 saturated carbocycles. The lowest BCUT2D eigenvalue weighted by atomic mass is 9.93. The Hall–Kier alpha value is -2.08. The minimum atomic E-state index is -0.138. The van der Waals surface area contributed by atoms with Gasteiger partial charge in [-0.1, -0.05) is 18.2 Å². The molecule has 2 amide bonds. The van der Waals surface area contributed by atoms with Gasteiger partial charge in [0.2, 0.25) is 0 Å². The molecule has 0 radical (unpaired) electrons. The van der Waals surface area contributed by atoms with Crippen LogP contribution in [0.2, 0.25) is 0 Å². The lowest BCUT2D eigenvalue weighted by molar-refractivity contribution is 0.0309. The first kappa shape index (κ1) is 20.2. The number of benzene rings is 1. The Morgan fingerprint density at radius 2 is 1.83 bits per heavy atom. The van der Waals surface area contributed by atoms with Crippen LogP contribution in [-0.2, 0) is 4.74 Å². The van der Waals surface area contributed by atoms with Crippen LogP contribution in [0.5, 0.6) is 0 Å². The third-order valence-corrected chi connectivity index (χ3v) is 6.88. The van der Waals surface area contributed by atoms with Gasteiger partial charge in [-0.2, -0.15) is 0 Å². The van der Waals surface area contributed by atoms with Crippen LogP contribution in [0.4, 0.5) is 4.79 Å². The van der Waals surface area contributed by atoms with E-state index in [1.54, 1.807) is 0 Å². The van der Waals surface area contributed by atoms with Gasteiger partial charge in [0.1, 0.15) is 0 Å². The number of carbonyl (C=O) groups excluding carboxylic acids is 2. The van der Waals surface area contributed by atoms with E-state index in [2.05, 4.69) is 10.2 Å². The summed E-state index contributed by atoms with van der Waals surface area (Å²) in [6.07, 6.45) is 6.21. The summed E-state index contributed by atoms with van der Waals surface area (Å²) in [5.41, 5.74) is 1.78. The molecule has 158 valence electrons. The first-order valence-electron chi connectivity index (χ1n) is 11.1. The van der Waals surface area contributed by atoms with E-state index in [1.165, 1.54) is 0 Å². The van der Waals surface area contributed by atoms with E-state index in [0.717, 1.165) is 62.7 Å². The average molecular weight is 400 g/mol. The summed E-state index contributed by atoms with van der Waals surface area (Å²) in [5, 5.41) is 3.26. The number of hydrogen-bond acceptors (Lipinski definition) is 4. The number of rotatable bonds is 4. The molecule has 1 N–H and O–H groups in total. The minimum Gasteiger partial charge on any atom is -0.450 e. The Bertz CT molecular complexity index is 739. The van der Waals surface area contributed by atoms with Crippen molar-refractivity contribution in [2.24, 2.45) is 0 Å². The van der Waals surface area contributed by atoms with E-state index in [0.29, 0.717) is 24.7 Å². The quantitative estimate of drug-likeness (QED) is 0.844. The number of nitrogens with one attached hydrogen (secondary N) is 1. The number of amides is 2. The fraction of sp³-hybridized carbons (Fsp3) is 0.652. The van der Waals surface area contributed by atoms with Gasteiger partial charge >= 0.3 is 6.09 Å². The van der Waals surface area contributed by atoms with Crippen molar-refractivity contribution in [1.82, 2.24) is 15.1 Å². The van der Waals surface area contributed by atoms with Gasteiger partial charge in [0.25, 0.3) is 5.91 Å². The zero-order chi connectivity index (χ0) is 20.4. The molecule has 6 heteroatoms. The first-order valence-corrected chi connectivity index (χ1v) is 11.1. The highest BCUT2D eigenvalue weighted by atomic mass is 16.6. The van der Waals surface area contributed by atoms with E-state index < -0.39 is 0 Å². The molecule has 0 aliphatic carbocycles. The van der Waals surface area contributed by atoms with Crippen LogP contribution in [0.15, 0.2) is 24.3 Å². The highest BCUT2D eigenvalue weighted by Gasteiger charge is 2.45. The van der Waals surface area contributed by atoms with Crippen molar-refractivity contribution in [1.29, 1.82) is 0 Å². The number of fused-ring (bicyclic) bond motifs is 2. The Morgan fingerprint density at radius 3 is 2.52 bits per heavy atom. The summed E-state index contributed by atoms with van der Waals surface area (Å²) in [7, 11) is 0. The number of aryl methyl sites for hydroxylation is 1. The molecule has 3 aliphatic heterocycles. The van der Waals surface area contributed by atoms with Crippen LogP contribution in [0, 0.1) is 6.92 Å². The highest BCUT2D eigenvalue weighted by molar-refractivity contribution is 5.95. The molecule has 3 saturated heterocycles. The monoisotopic (exact) mass is 399 g/mol. The van der Waals surface area contributed by atoms with Crippen molar-refractivity contribution in [3.05, 3.63) is 35.4 Å². The molecule has 0 spiro atoms. The van der Waals surface area contributed by atoms with Gasteiger partial charge in [-0.05, 0) is 70.5 Å². The fourth-order valence-corrected chi connectivity index (χ4v) is 5.49. The molecule has 4 atom stereocenters. The Labute approximate surface area is 173 Å². The van der Waals surface area contributed by atoms with Crippen LogP contribution in [-0.4, -0.2) is 65.7 Å². The van der Waals surface area contributed by atoms with Crippen LogP contribution >= 0.6 is 0 Å². The summed E-state index contributed by atoms with van der Waals surface area (Å²) in [6.45, 7) is 6.27. The van der Waals surface area contributed by atoms with Crippen molar-refractivity contribution in [3.63, 3.8) is 0 Å². The molecule has 1 aromatic carbocycles. The lowest BCUT2D eigenvalue weighted by Gasteiger charge is -2.45. The SMILES string of the molecule is CCOC(=O)N1[C@@H]2CC[C@H]1CC(N1CCC[C@@H](NC(=O)c3ccccc3C)C1)C2. The van der Waals surface area contributed by atoms with Crippen molar-refractivity contribution in [2.75, 3.05) is 19.7 Å². The Balaban J connectivity index is 1.35. The Morgan fingerprint density at radius 1 is 1.10 bits per heavy atom. The second kappa shape index (κ2) is 8.74. The van der Waals surface area contributed by atoms with E-state index in [-0.39, 0.29) is 18.0 Å². The zero-order valence-electron chi connectivity index (χ0n) is 17.6. The molecule has 2 bridgehead atoms. The highest BCUT2D eigenvalue weighted by Crippen LogP contribution is 2.38. The number of carbonyl (C=O) groups is 2. The topological polar surface area (TPSA) is 61.9 Å². The van der Waals surface area contributed by atoms with Gasteiger partial charge in [0.05, 0.1) is 6.61 Å². The molecule has 0 aromatic heterocycles. The van der Waals surface area contributed by atoms with Crippen LogP contribution in [0.25, 0.3) is 0 Å². The van der Waals surface area contributed by atoms with Gasteiger partial charge < -0.3 is 15.0 Å². The number of ether oxygens (including phenoxy) is 1. The second-order valence-corrected chi connectivity index (χ2v) is 8.74. The molecule has 4 rings (SSSR count). The van der Waals surface area contributed by atoms with E-state index in [4.69, 9.17) is 4.74 Å². The van der Waals surface area contributed by atoms with Crippen LogP contribution in [0.1, 0.15) is 61.4 Å². The summed E-state index contributed by atoms with van der Waals surface area (Å²) >= 11 is 0. The standard InChI is InChI=1S/C23H33N3O3/c1-3-29-23(28)26-18-10-11-19(26)14-20(13-18)25-12-6-8-17(15-25)24-22(27)21-9-5-4-7-16(21)2/h4-5,7,9,17-20H,3,6,8,10-15H2,1-2H3,(H,24,27)/t17-,18-,19+,20?/m1/s1. The van der Waals surface area contributed by atoms with Gasteiger partial charge in [-0.3, -0.25) is 9.69 Å². The van der Waals surface area contributed by atoms with Crippen molar-refractivity contribution < 1.29 is 14.3 Å². The Kier molecular flexibility index (Phi) is 6.09. The number of likely N-dealkylation sites (tertiary alicyclic amines) is 1. The maximum Gasteiger partial charge on any atom is 0.410 e. The van der Waals surface area contributed by atoms with E-state index in [1.807, 2.05) is 43.0 Å². The summed E-state index contributed by atoms with van der Waals surface area (Å²) in [5.74, 6) is 0.0344. The first-order chi connectivity index (χ1) is 14.1. The van der Waals surface area contributed by atoms with Gasteiger partial charge in [0, 0.05) is 36.3 Å². The molecule has 6 nitrogen and oxygen atoms in total. The zero-order valence-corrected chi connectivity index (χ0v) is 17.6. The fourth-order valence-electron chi connectivity index (χ4n) is 5.49. The largest absolute Gasteiger partial charge is 0.450 e. The smallest absolute Gasteiger partial charge is 0.410 e. The predicted molar refractivity (Wildman–Crippen MR) is 112 cm³/mol. The molecular formula is C23H33N3O3. The second-order valence-electron chi connectivity index (χ2n) is 8.74. The van der Waals surface area contributed by atoms with E-state index >= 15 is 0 Å². The molecule has 1 unspecified atom stereocenters. The average Bonchev–Trinajstić information content (AvgIpc) is 2.98. The van der Waals surface area contributed by atoms with Crippen molar-refractivity contribution in [3.8, 4) is 0 Å². The van der Waals surface area contributed by atoms with Crippen LogP contribution in [0.3, 0.4) is 0 Å². The van der Waals surface area contributed by atoms with Crippen LogP contribution < -0.4 is 5.32 Å². The van der Waals surface area contributed by atoms with Gasteiger partial charge in [0.15, 0.2) is 0 Å². The number of nitrogens with zero attached hydrogens (tertiary/aromatic N) is 2. The summed E-state index contributed by atoms with van der Waals surface area (Å²) in [6, 6.07) is 9.06. The third kappa shape index (κ3) is 4.27. The third-order valence-electron chi connectivity index (χ3n) is 6.88. The lowest BCUT2D eigenvalue weighted by Crippen LogP contribution is -2.56. The maximum absolute atomic E-state index is 12.7. The number of piperidine rings is 2. The number of hydrogen-bond donors (Lipinski definition) is 1. The molecule has 1 aromatic rings. The molecular weight excluding hydrogens is 366 g/mol. The van der Waals surface area contributed by atoms with Crippen molar-refractivity contribution in [2.45, 2.75) is 76.5 Å². The minimum absolute atomic E-state index is 0.0344. The van der Waals surface area contributed by atoms with E-state index in [9.17, 15) is 9.59 Å². The van der Waals surface area contributed by atoms with Gasteiger partial charge in [-0.15, -0.1) is 0 Å². The van der Waals surface area contributed by atoms with Crippen molar-refractivity contribution >= 4 is 12.0 Å².